The highest BCUT2D eigenvalue weighted by atomic mass is 31.2. The van der Waals surface area contributed by atoms with Gasteiger partial charge in [0.1, 0.15) is 60.8 Å². The zero-order valence-electron chi connectivity index (χ0n) is 31.6. The maximum atomic E-state index is 13.4. The van der Waals surface area contributed by atoms with Gasteiger partial charge in [-0.2, -0.15) is 15.0 Å². The molecular weight excluding hydrogens is 896 g/mol. The van der Waals surface area contributed by atoms with Crippen molar-refractivity contribution in [2.75, 3.05) is 37.0 Å². The van der Waals surface area contributed by atoms with Crippen LogP contribution < -0.4 is 34.0 Å². The van der Waals surface area contributed by atoms with E-state index in [4.69, 9.17) is 49.5 Å². The number of aliphatic hydroxyl groups is 5. The molecule has 0 radical (unpaired) electrons. The number of rotatable bonds is 14. The third kappa shape index (κ3) is 8.51. The Labute approximate surface area is 347 Å². The van der Waals surface area contributed by atoms with Crippen molar-refractivity contribution in [1.82, 2.24) is 48.6 Å². The summed E-state index contributed by atoms with van der Waals surface area (Å²) in [5.41, 5.74) is 13.6. The summed E-state index contributed by atoms with van der Waals surface area (Å²) in [6.45, 7) is -2.96. The van der Waals surface area contributed by atoms with E-state index in [0.717, 1.165) is 34.1 Å². The van der Waals surface area contributed by atoms with Crippen molar-refractivity contribution in [3.05, 3.63) is 56.1 Å². The average Bonchev–Trinajstić information content (AvgIpc) is 4.02. The van der Waals surface area contributed by atoms with Gasteiger partial charge in [-0.05, 0) is 6.07 Å². The molecule has 3 aliphatic heterocycles. The van der Waals surface area contributed by atoms with Gasteiger partial charge in [0, 0.05) is 6.20 Å². The Bertz CT molecular complexity index is 2800. The van der Waals surface area contributed by atoms with Crippen LogP contribution in [0.1, 0.15) is 18.7 Å². The van der Waals surface area contributed by atoms with E-state index in [0.29, 0.717) is 4.57 Å². The van der Waals surface area contributed by atoms with Gasteiger partial charge in [-0.1, -0.05) is 0 Å². The van der Waals surface area contributed by atoms with Crippen LogP contribution in [0.2, 0.25) is 0 Å². The van der Waals surface area contributed by atoms with Gasteiger partial charge in [-0.15, -0.1) is 0 Å². The van der Waals surface area contributed by atoms with Gasteiger partial charge in [-0.3, -0.25) is 51.4 Å². The lowest BCUT2D eigenvalue weighted by molar-refractivity contribution is -0.0632. The molecule has 3 fully saturated rings. The van der Waals surface area contributed by atoms with Crippen molar-refractivity contribution in [3.8, 4) is 0 Å². The Morgan fingerprint density at radius 3 is 1.65 bits per heavy atom. The lowest BCUT2D eigenvalue weighted by Crippen LogP contribution is -2.38. The van der Waals surface area contributed by atoms with E-state index in [2.05, 4.69) is 34.9 Å². The molecular formula is C29H37N13O19P2. The van der Waals surface area contributed by atoms with Crippen LogP contribution in [0.25, 0.3) is 22.3 Å². The monoisotopic (exact) mass is 933 g/mol. The van der Waals surface area contributed by atoms with Crippen molar-refractivity contribution in [3.63, 3.8) is 0 Å². The molecule has 2 unspecified atom stereocenters. The minimum Gasteiger partial charge on any atom is -0.394 e. The lowest BCUT2D eigenvalue weighted by atomic mass is 10.1. The molecule has 15 N–H and O–H groups in total. The fraction of sp³-hybridized carbons (Fsp3) is 0.517. The normalized spacial score (nSPS) is 31.8. The molecule has 0 bridgehead atoms. The summed E-state index contributed by atoms with van der Waals surface area (Å²) in [5.74, 6) is -0.835. The van der Waals surface area contributed by atoms with E-state index in [9.17, 15) is 58.8 Å². The highest BCUT2D eigenvalue weighted by Gasteiger charge is 2.53. The second-order valence-corrected chi connectivity index (χ2v) is 16.9. The molecule has 34 heteroatoms. The first-order chi connectivity index (χ1) is 29.8. The lowest BCUT2D eigenvalue weighted by Gasteiger charge is -2.25. The van der Waals surface area contributed by atoms with Crippen LogP contribution in [-0.2, 0) is 41.4 Å². The van der Waals surface area contributed by atoms with E-state index >= 15 is 0 Å². The number of hydrogen-bond donors (Lipinski definition) is 12. The molecule has 0 aromatic carbocycles. The summed E-state index contributed by atoms with van der Waals surface area (Å²) in [6, 6.07) is 1.15. The molecule has 63 heavy (non-hydrogen) atoms. The zero-order chi connectivity index (χ0) is 45.3. The maximum absolute atomic E-state index is 13.4. The summed E-state index contributed by atoms with van der Waals surface area (Å²) in [7, 11) is -10.8. The maximum Gasteiger partial charge on any atom is 0.472 e. The first-order valence-corrected chi connectivity index (χ1v) is 21.1. The fourth-order valence-corrected chi connectivity index (χ4v) is 9.05. The molecule has 3 aliphatic rings. The Morgan fingerprint density at radius 1 is 0.667 bits per heavy atom. The highest BCUT2D eigenvalue weighted by molar-refractivity contribution is 7.47. The van der Waals surface area contributed by atoms with Crippen LogP contribution >= 0.6 is 15.6 Å². The standard InChI is InChI=1S/C29H37N13O19P2/c30-11-1-2-40(29(50)35-11)25-17(47)19(61-62(51,52)55-4-9-14(44)15(45)24(58-9)41-6-33-12-20(41)36-27(31)38-22(12)48)10(59-25)5-56-63(53,54)60-18-8(3-43)57-26(16(18)46)42-7-34-13-21(42)37-28(32)39-23(13)49/h1-2,6-10,14-19,24-26,43-47H,3-5H2,(H,51,52)(H,53,54)(H2,30,35,50)(H3,31,36,38,48)(H3,32,37,39,49)/t8-,9-,10-,14-,15-,16-,17-,18-,19-,24-,25-,26-/m1/s1. The average molecular weight is 934 g/mol. The number of anilines is 3. The SMILES string of the molecule is Nc1ccn([C@@H]2O[C@H](COP(=O)(O)O[C@H]3[C@@H](O)[C@H](n4cnc5c(=O)[nH]c(N)nc54)O[C@@H]3CO)[C@@H](OP(=O)(O)OC[C@H]3O[C@@H](n4cnc5c(=O)[nH]c(N)nc54)[C@H](O)[C@@H]3O)[C@H]2O)c(=O)n1. The minimum atomic E-state index is -5.42. The van der Waals surface area contributed by atoms with Crippen molar-refractivity contribution in [2.45, 2.75) is 73.6 Å². The number of aromatic nitrogens is 10. The van der Waals surface area contributed by atoms with Crippen LogP contribution in [0.3, 0.4) is 0 Å². The third-order valence-corrected chi connectivity index (χ3v) is 12.0. The molecule has 8 rings (SSSR count). The van der Waals surface area contributed by atoms with E-state index < -0.39 is 126 Å². The third-order valence-electron chi connectivity index (χ3n) is 10.0. The van der Waals surface area contributed by atoms with Crippen molar-refractivity contribution >= 4 is 55.7 Å². The van der Waals surface area contributed by atoms with E-state index in [1.807, 2.05) is 0 Å². The summed E-state index contributed by atoms with van der Waals surface area (Å²) >= 11 is 0. The number of aliphatic hydroxyl groups excluding tert-OH is 5. The number of nitrogen functional groups attached to an aromatic ring is 3. The van der Waals surface area contributed by atoms with Crippen LogP contribution in [-0.4, -0.2) is 159 Å². The van der Waals surface area contributed by atoms with E-state index in [1.165, 1.54) is 0 Å². The Kier molecular flexibility index (Phi) is 11.8. The summed E-state index contributed by atoms with van der Waals surface area (Å²) in [6.07, 6.45) is -17.8. The Balaban J connectivity index is 0.969. The number of imidazole rings is 2. The topological polar surface area (TPSA) is 480 Å². The first kappa shape index (κ1) is 44.5. The minimum absolute atomic E-state index is 0.132. The van der Waals surface area contributed by atoms with Crippen LogP contribution in [0.5, 0.6) is 0 Å². The highest BCUT2D eigenvalue weighted by Crippen LogP contribution is 2.52. The zero-order valence-corrected chi connectivity index (χ0v) is 33.4. The number of fused-ring (bicyclic) bond motifs is 2. The molecule has 3 saturated heterocycles. The fourth-order valence-electron chi connectivity index (χ4n) is 7.12. The number of aromatic amines is 2. The van der Waals surface area contributed by atoms with Gasteiger partial charge in [-0.25, -0.2) is 23.9 Å². The smallest absolute Gasteiger partial charge is 0.394 e. The quantitative estimate of drug-likeness (QED) is 0.0462. The van der Waals surface area contributed by atoms with Gasteiger partial charge < -0.3 is 66.7 Å². The van der Waals surface area contributed by atoms with Gasteiger partial charge in [0.25, 0.3) is 11.1 Å². The molecule has 0 amide bonds. The molecule has 32 nitrogen and oxygen atoms in total. The largest absolute Gasteiger partial charge is 0.472 e. The van der Waals surface area contributed by atoms with Gasteiger partial charge >= 0.3 is 21.3 Å². The number of nitrogens with two attached hydrogens (primary N) is 3. The number of H-pyrrole nitrogens is 2. The van der Waals surface area contributed by atoms with Gasteiger partial charge in [0.15, 0.2) is 41.0 Å². The Morgan fingerprint density at radius 2 is 1.13 bits per heavy atom. The molecule has 14 atom stereocenters. The number of ether oxygens (including phenoxy) is 3. The molecule has 0 aliphatic carbocycles. The summed E-state index contributed by atoms with van der Waals surface area (Å²) in [4.78, 5) is 82.6. The molecule has 5 aromatic rings. The van der Waals surface area contributed by atoms with Crippen LogP contribution in [0.4, 0.5) is 17.7 Å². The second-order valence-electron chi connectivity index (χ2n) is 14.1. The number of hydrogen-bond acceptors (Lipinski definition) is 25. The van der Waals surface area contributed by atoms with Crippen LogP contribution in [0.15, 0.2) is 39.3 Å². The number of nitrogens with zero attached hydrogens (tertiary/aromatic N) is 8. The van der Waals surface area contributed by atoms with E-state index in [1.54, 1.807) is 0 Å². The molecule has 8 heterocycles. The summed E-state index contributed by atoms with van der Waals surface area (Å²) in [5, 5.41) is 54.0. The van der Waals surface area contributed by atoms with Crippen molar-refractivity contribution in [2.24, 2.45) is 0 Å². The first-order valence-electron chi connectivity index (χ1n) is 18.2. The van der Waals surface area contributed by atoms with Gasteiger partial charge in [0.05, 0.1) is 32.5 Å². The molecule has 0 spiro atoms. The second kappa shape index (κ2) is 16.8. The van der Waals surface area contributed by atoms with Crippen molar-refractivity contribution in [1.29, 1.82) is 0 Å². The van der Waals surface area contributed by atoms with Crippen molar-refractivity contribution < 1.29 is 76.8 Å². The van der Waals surface area contributed by atoms with E-state index in [-0.39, 0.29) is 40.0 Å². The van der Waals surface area contributed by atoms with Gasteiger partial charge in [0.2, 0.25) is 11.9 Å². The number of phosphoric ester groups is 2. The number of phosphoric acid groups is 2. The molecule has 342 valence electrons. The predicted octanol–water partition coefficient (Wildman–Crippen LogP) is -5.61. The molecule has 5 aromatic heterocycles. The van der Waals surface area contributed by atoms with Crippen LogP contribution in [0, 0.1) is 0 Å². The number of nitrogens with one attached hydrogen (secondary N) is 2. The summed E-state index contributed by atoms with van der Waals surface area (Å²) < 4.78 is 67.3. The predicted molar refractivity (Wildman–Crippen MR) is 202 cm³/mol. The molecule has 0 saturated carbocycles. The Hall–Kier alpha value is -5.12.